The van der Waals surface area contributed by atoms with Crippen LogP contribution < -0.4 is 19.9 Å². The number of carbonyl (C=O) groups excluding carboxylic acids is 1. The zero-order valence-corrected chi connectivity index (χ0v) is 19.6. The summed E-state index contributed by atoms with van der Waals surface area (Å²) in [7, 11) is 3.33. The number of hydrogen-bond donors (Lipinski definition) is 1. The lowest BCUT2D eigenvalue weighted by atomic mass is 10.1. The van der Waals surface area contributed by atoms with Crippen LogP contribution in [0.4, 0.5) is 11.5 Å². The maximum Gasteiger partial charge on any atom is 0.252 e. The Balaban J connectivity index is 1.54. The quantitative estimate of drug-likeness (QED) is 0.567. The molecule has 0 spiro atoms. The van der Waals surface area contributed by atoms with Gasteiger partial charge in [-0.05, 0) is 42.8 Å². The van der Waals surface area contributed by atoms with Crippen molar-refractivity contribution in [2.24, 2.45) is 0 Å². The fraction of sp³-hybridized carbons (Fsp3) is 0.385. The molecule has 4 rings (SSSR count). The number of para-hydroxylation sites is 1. The Morgan fingerprint density at radius 1 is 1.03 bits per heavy atom. The van der Waals surface area contributed by atoms with Gasteiger partial charge in [0, 0.05) is 44.4 Å². The van der Waals surface area contributed by atoms with Gasteiger partial charge in [-0.2, -0.15) is 0 Å². The second-order valence-electron chi connectivity index (χ2n) is 8.25. The first-order chi connectivity index (χ1) is 16.1. The molecule has 1 N–H and O–H groups in total. The fourth-order valence-corrected chi connectivity index (χ4v) is 4.22. The lowest BCUT2D eigenvalue weighted by Crippen LogP contribution is -2.47. The average Bonchev–Trinajstić information content (AvgIpc) is 2.87. The molecule has 1 aromatic heterocycles. The van der Waals surface area contributed by atoms with Crippen molar-refractivity contribution in [3.8, 4) is 5.75 Å². The minimum absolute atomic E-state index is 0.0223. The molecule has 0 aliphatic carbocycles. The highest BCUT2D eigenvalue weighted by Crippen LogP contribution is 2.26. The van der Waals surface area contributed by atoms with Gasteiger partial charge < -0.3 is 24.6 Å². The first-order valence-electron chi connectivity index (χ1n) is 11.5. The van der Waals surface area contributed by atoms with E-state index >= 15 is 0 Å². The molecule has 1 aliphatic heterocycles. The molecule has 0 bridgehead atoms. The van der Waals surface area contributed by atoms with Crippen LogP contribution in [0, 0.1) is 0 Å². The van der Waals surface area contributed by atoms with E-state index in [0.717, 1.165) is 55.1 Å². The summed E-state index contributed by atoms with van der Waals surface area (Å²) in [4.78, 5) is 22.7. The number of nitrogens with zero attached hydrogens (tertiary/aromatic N) is 3. The molecular weight excluding hydrogens is 416 g/mol. The summed E-state index contributed by atoms with van der Waals surface area (Å²) in [6.07, 6.45) is 0.808. The minimum atomic E-state index is -0.0874. The SMILES string of the molecule is CC[C@@H](COC)NC(=O)c1cc(N2CCN(c3ccc(OC)cc3)CC2)nc2ccccc12. The predicted octanol–water partition coefficient (Wildman–Crippen LogP) is 3.72. The van der Waals surface area contributed by atoms with Crippen LogP contribution in [0.5, 0.6) is 5.75 Å². The molecule has 2 heterocycles. The molecule has 1 amide bonds. The van der Waals surface area contributed by atoms with E-state index in [0.29, 0.717) is 12.2 Å². The first kappa shape index (κ1) is 22.9. The summed E-state index contributed by atoms with van der Waals surface area (Å²) < 4.78 is 10.5. The van der Waals surface area contributed by atoms with Crippen molar-refractivity contribution in [2.45, 2.75) is 19.4 Å². The Hall–Kier alpha value is -3.32. The second kappa shape index (κ2) is 10.5. The van der Waals surface area contributed by atoms with Gasteiger partial charge in [0.1, 0.15) is 11.6 Å². The summed E-state index contributed by atoms with van der Waals surface area (Å²) in [6, 6.07) is 17.9. The van der Waals surface area contributed by atoms with E-state index in [1.807, 2.05) is 49.4 Å². The number of fused-ring (bicyclic) bond motifs is 1. The van der Waals surface area contributed by atoms with Crippen molar-refractivity contribution in [2.75, 3.05) is 56.8 Å². The molecule has 1 fully saturated rings. The summed E-state index contributed by atoms with van der Waals surface area (Å²) in [5.41, 5.74) is 2.67. The number of carbonyl (C=O) groups is 1. The summed E-state index contributed by atoms with van der Waals surface area (Å²) >= 11 is 0. The molecule has 7 nitrogen and oxygen atoms in total. The number of aromatic nitrogens is 1. The van der Waals surface area contributed by atoms with Gasteiger partial charge >= 0.3 is 0 Å². The number of methoxy groups -OCH3 is 2. The zero-order chi connectivity index (χ0) is 23.2. The Morgan fingerprint density at radius 3 is 2.39 bits per heavy atom. The molecule has 1 atom stereocenters. The third kappa shape index (κ3) is 5.20. The zero-order valence-electron chi connectivity index (χ0n) is 19.6. The molecule has 1 aliphatic rings. The number of nitrogens with one attached hydrogen (secondary N) is 1. The Bertz CT molecular complexity index is 1080. The van der Waals surface area contributed by atoms with Crippen LogP contribution in [0.1, 0.15) is 23.7 Å². The number of hydrogen-bond acceptors (Lipinski definition) is 6. The number of piperazine rings is 1. The number of ether oxygens (including phenoxy) is 2. The van der Waals surface area contributed by atoms with Crippen LogP contribution in [0.2, 0.25) is 0 Å². The molecule has 3 aromatic rings. The van der Waals surface area contributed by atoms with Crippen LogP contribution in [-0.4, -0.2) is 63.9 Å². The highest BCUT2D eigenvalue weighted by atomic mass is 16.5. The van der Waals surface area contributed by atoms with Gasteiger partial charge in [0.05, 0.1) is 30.8 Å². The number of anilines is 2. The van der Waals surface area contributed by atoms with E-state index in [2.05, 4.69) is 27.2 Å². The van der Waals surface area contributed by atoms with Crippen LogP contribution in [-0.2, 0) is 4.74 Å². The van der Waals surface area contributed by atoms with Gasteiger partial charge in [0.15, 0.2) is 0 Å². The maximum atomic E-state index is 13.2. The van der Waals surface area contributed by atoms with Crippen molar-refractivity contribution < 1.29 is 14.3 Å². The molecular formula is C26H32N4O3. The van der Waals surface area contributed by atoms with Gasteiger partial charge in [-0.3, -0.25) is 4.79 Å². The molecule has 174 valence electrons. The number of amides is 1. The maximum absolute atomic E-state index is 13.2. The molecule has 2 aromatic carbocycles. The van der Waals surface area contributed by atoms with Gasteiger partial charge in [0.2, 0.25) is 0 Å². The first-order valence-corrected chi connectivity index (χ1v) is 11.5. The van der Waals surface area contributed by atoms with Gasteiger partial charge in [-0.25, -0.2) is 4.98 Å². The molecule has 33 heavy (non-hydrogen) atoms. The van der Waals surface area contributed by atoms with E-state index in [4.69, 9.17) is 14.5 Å². The Kier molecular flexibility index (Phi) is 7.29. The Morgan fingerprint density at radius 2 is 1.73 bits per heavy atom. The summed E-state index contributed by atoms with van der Waals surface area (Å²) in [6.45, 7) is 5.97. The van der Waals surface area contributed by atoms with Crippen molar-refractivity contribution in [1.82, 2.24) is 10.3 Å². The number of benzene rings is 2. The Labute approximate surface area is 195 Å². The highest BCUT2D eigenvalue weighted by Gasteiger charge is 2.22. The normalized spacial score (nSPS) is 14.9. The molecule has 0 unspecified atom stereocenters. The van der Waals surface area contributed by atoms with Crippen LogP contribution >= 0.6 is 0 Å². The van der Waals surface area contributed by atoms with E-state index in [1.54, 1.807) is 14.2 Å². The second-order valence-corrected chi connectivity index (χ2v) is 8.25. The number of pyridine rings is 1. The monoisotopic (exact) mass is 448 g/mol. The van der Waals surface area contributed by atoms with E-state index in [1.165, 1.54) is 5.69 Å². The minimum Gasteiger partial charge on any atom is -0.497 e. The molecule has 0 radical (unpaired) electrons. The third-order valence-corrected chi connectivity index (χ3v) is 6.18. The highest BCUT2D eigenvalue weighted by molar-refractivity contribution is 6.07. The third-order valence-electron chi connectivity index (χ3n) is 6.18. The largest absolute Gasteiger partial charge is 0.497 e. The lowest BCUT2D eigenvalue weighted by molar-refractivity contribution is 0.0896. The van der Waals surface area contributed by atoms with Gasteiger partial charge in [-0.1, -0.05) is 25.1 Å². The molecule has 0 saturated carbocycles. The van der Waals surface area contributed by atoms with Crippen LogP contribution in [0.3, 0.4) is 0 Å². The van der Waals surface area contributed by atoms with Crippen LogP contribution in [0.25, 0.3) is 10.9 Å². The number of rotatable bonds is 8. The summed E-state index contributed by atoms with van der Waals surface area (Å²) in [5.74, 6) is 1.61. The molecule has 7 heteroatoms. The van der Waals surface area contributed by atoms with Crippen molar-refractivity contribution >= 4 is 28.3 Å². The fourth-order valence-electron chi connectivity index (χ4n) is 4.22. The van der Waals surface area contributed by atoms with Gasteiger partial charge in [0.25, 0.3) is 5.91 Å². The van der Waals surface area contributed by atoms with E-state index in [9.17, 15) is 4.79 Å². The van der Waals surface area contributed by atoms with Crippen molar-refractivity contribution in [1.29, 1.82) is 0 Å². The summed E-state index contributed by atoms with van der Waals surface area (Å²) in [5, 5.41) is 3.98. The average molecular weight is 449 g/mol. The lowest BCUT2D eigenvalue weighted by Gasteiger charge is -2.37. The molecule has 1 saturated heterocycles. The van der Waals surface area contributed by atoms with Crippen molar-refractivity contribution in [3.05, 3.63) is 60.2 Å². The smallest absolute Gasteiger partial charge is 0.252 e. The van der Waals surface area contributed by atoms with E-state index < -0.39 is 0 Å². The topological polar surface area (TPSA) is 66.9 Å². The van der Waals surface area contributed by atoms with Crippen LogP contribution in [0.15, 0.2) is 54.6 Å². The standard InChI is InChI=1S/C26H32N4O3/c1-4-19(18-32-2)27-26(31)23-17-25(28-24-8-6-5-7-22(23)24)30-15-13-29(14-16-30)20-9-11-21(33-3)12-10-20/h5-12,17,19H,4,13-16,18H2,1-3H3,(H,27,31)/t19-/m0/s1. The van der Waals surface area contributed by atoms with Crippen molar-refractivity contribution in [3.63, 3.8) is 0 Å². The van der Waals surface area contributed by atoms with Gasteiger partial charge in [-0.15, -0.1) is 0 Å². The predicted molar refractivity (Wildman–Crippen MR) is 133 cm³/mol. The van der Waals surface area contributed by atoms with E-state index in [-0.39, 0.29) is 11.9 Å².